The fraction of sp³-hybridized carbons (Fsp3) is 0.176. The number of allylic oxidation sites excluding steroid dienone is 2. The lowest BCUT2D eigenvalue weighted by Crippen LogP contribution is -1.91. The van der Waals surface area contributed by atoms with E-state index in [2.05, 4.69) is 26.5 Å². The highest BCUT2D eigenvalue weighted by Gasteiger charge is 2.11. The highest BCUT2D eigenvalue weighted by molar-refractivity contribution is 6.01. The molecule has 0 aliphatic rings. The van der Waals surface area contributed by atoms with Crippen LogP contribution in [0.2, 0.25) is 0 Å². The summed E-state index contributed by atoms with van der Waals surface area (Å²) >= 11 is 0. The van der Waals surface area contributed by atoms with Crippen molar-refractivity contribution < 1.29 is 5.11 Å². The van der Waals surface area contributed by atoms with Gasteiger partial charge in [-0.2, -0.15) is 0 Å². The fourth-order valence-corrected chi connectivity index (χ4v) is 2.36. The van der Waals surface area contributed by atoms with Gasteiger partial charge in [0.05, 0.1) is 0 Å². The summed E-state index contributed by atoms with van der Waals surface area (Å²) in [5.41, 5.74) is 4.64. The maximum absolute atomic E-state index is 9.99. The van der Waals surface area contributed by atoms with E-state index in [0.29, 0.717) is 5.75 Å². The average Bonchev–Trinajstić information content (AvgIpc) is 2.40. The average molecular weight is 238 g/mol. The van der Waals surface area contributed by atoms with Gasteiger partial charge in [0.25, 0.3) is 0 Å². The summed E-state index contributed by atoms with van der Waals surface area (Å²) in [6.07, 6.45) is 3.95. The second kappa shape index (κ2) is 4.69. The summed E-state index contributed by atoms with van der Waals surface area (Å²) in [5, 5.41) is 12.0. The standard InChI is InChI=1S/C17H18O/c1-5-11(3)16-13(6-2)8-9-14-15(18)10-7-12(4)17(14)16/h5-10,18H,2H2,1,3-4H3/b11-5-. The van der Waals surface area contributed by atoms with Gasteiger partial charge in [-0.1, -0.05) is 36.9 Å². The van der Waals surface area contributed by atoms with Gasteiger partial charge >= 0.3 is 0 Å². The molecule has 1 N–H and O–H groups in total. The number of benzene rings is 2. The van der Waals surface area contributed by atoms with E-state index in [0.717, 1.165) is 16.3 Å². The minimum Gasteiger partial charge on any atom is -0.507 e. The van der Waals surface area contributed by atoms with Crippen LogP contribution in [0.1, 0.15) is 30.5 Å². The number of hydrogen-bond acceptors (Lipinski definition) is 1. The molecule has 2 rings (SSSR count). The van der Waals surface area contributed by atoms with Crippen LogP contribution in [0, 0.1) is 6.92 Å². The molecule has 0 saturated carbocycles. The first kappa shape index (κ1) is 12.4. The number of aryl methyl sites for hydroxylation is 1. The van der Waals surface area contributed by atoms with Gasteiger partial charge in [-0.25, -0.2) is 0 Å². The van der Waals surface area contributed by atoms with Gasteiger partial charge in [0.1, 0.15) is 5.75 Å². The first-order valence-corrected chi connectivity index (χ1v) is 6.11. The van der Waals surface area contributed by atoms with Crippen molar-refractivity contribution in [3.63, 3.8) is 0 Å². The Morgan fingerprint density at radius 3 is 2.56 bits per heavy atom. The maximum atomic E-state index is 9.99. The summed E-state index contributed by atoms with van der Waals surface area (Å²) in [7, 11) is 0. The molecule has 0 aliphatic carbocycles. The molecule has 1 nitrogen and oxygen atoms in total. The topological polar surface area (TPSA) is 20.2 Å². The minimum absolute atomic E-state index is 0.330. The maximum Gasteiger partial charge on any atom is 0.123 e. The van der Waals surface area contributed by atoms with E-state index in [1.54, 1.807) is 6.07 Å². The molecule has 2 aromatic rings. The van der Waals surface area contributed by atoms with Crippen molar-refractivity contribution in [3.05, 3.63) is 53.6 Å². The molecule has 18 heavy (non-hydrogen) atoms. The van der Waals surface area contributed by atoms with Gasteiger partial charge in [-0.15, -0.1) is 0 Å². The molecular formula is C17H18O. The molecule has 0 saturated heterocycles. The molecule has 1 heteroatoms. The van der Waals surface area contributed by atoms with Crippen molar-refractivity contribution in [2.75, 3.05) is 0 Å². The van der Waals surface area contributed by atoms with Gasteiger partial charge in [-0.3, -0.25) is 0 Å². The third-order valence-electron chi connectivity index (χ3n) is 3.45. The molecule has 0 heterocycles. The number of phenols is 1. The Kier molecular flexibility index (Phi) is 3.24. The number of rotatable bonds is 2. The predicted octanol–water partition coefficient (Wildman–Crippen LogP) is 4.92. The molecule has 2 aromatic carbocycles. The Morgan fingerprint density at radius 2 is 1.94 bits per heavy atom. The van der Waals surface area contributed by atoms with E-state index in [1.165, 1.54) is 16.7 Å². The van der Waals surface area contributed by atoms with Crippen LogP contribution in [-0.2, 0) is 0 Å². The molecule has 0 unspecified atom stereocenters. The largest absolute Gasteiger partial charge is 0.507 e. The molecule has 0 fully saturated rings. The SMILES string of the molecule is C=Cc1ccc2c(O)ccc(C)c2c1/C(C)=C\C. The first-order chi connectivity index (χ1) is 8.60. The molecule has 0 atom stereocenters. The lowest BCUT2D eigenvalue weighted by molar-refractivity contribution is 0.481. The predicted molar refractivity (Wildman–Crippen MR) is 79.8 cm³/mol. The zero-order valence-corrected chi connectivity index (χ0v) is 11.1. The highest BCUT2D eigenvalue weighted by Crippen LogP contribution is 2.35. The monoisotopic (exact) mass is 238 g/mol. The molecule has 0 radical (unpaired) electrons. The zero-order valence-electron chi connectivity index (χ0n) is 11.1. The first-order valence-electron chi connectivity index (χ1n) is 6.11. The van der Waals surface area contributed by atoms with Crippen molar-refractivity contribution in [2.45, 2.75) is 20.8 Å². The molecule has 0 amide bonds. The molecule has 0 spiro atoms. The van der Waals surface area contributed by atoms with Crippen LogP contribution in [-0.4, -0.2) is 5.11 Å². The van der Waals surface area contributed by atoms with Crippen LogP contribution in [0.25, 0.3) is 22.4 Å². The quantitative estimate of drug-likeness (QED) is 0.787. The third kappa shape index (κ3) is 1.82. The Morgan fingerprint density at radius 1 is 1.22 bits per heavy atom. The lowest BCUT2D eigenvalue weighted by atomic mass is 9.91. The van der Waals surface area contributed by atoms with Crippen LogP contribution >= 0.6 is 0 Å². The van der Waals surface area contributed by atoms with Crippen molar-refractivity contribution in [1.29, 1.82) is 0 Å². The molecular weight excluding hydrogens is 220 g/mol. The van der Waals surface area contributed by atoms with E-state index >= 15 is 0 Å². The number of aromatic hydroxyl groups is 1. The smallest absolute Gasteiger partial charge is 0.123 e. The number of fused-ring (bicyclic) bond motifs is 1. The number of hydrogen-bond donors (Lipinski definition) is 1. The van der Waals surface area contributed by atoms with Gasteiger partial charge in [-0.05, 0) is 54.5 Å². The lowest BCUT2D eigenvalue weighted by Gasteiger charge is -2.14. The van der Waals surface area contributed by atoms with Crippen LogP contribution in [0.4, 0.5) is 0 Å². The Bertz CT molecular complexity index is 648. The Balaban J connectivity index is 3.03. The Labute approximate surface area is 108 Å². The minimum atomic E-state index is 0.330. The van der Waals surface area contributed by atoms with Crippen molar-refractivity contribution in [2.24, 2.45) is 0 Å². The highest BCUT2D eigenvalue weighted by atomic mass is 16.3. The van der Waals surface area contributed by atoms with Crippen LogP contribution in [0.15, 0.2) is 36.9 Å². The van der Waals surface area contributed by atoms with Gasteiger partial charge in [0.2, 0.25) is 0 Å². The third-order valence-corrected chi connectivity index (χ3v) is 3.45. The van der Waals surface area contributed by atoms with Gasteiger partial charge in [0, 0.05) is 5.39 Å². The summed E-state index contributed by atoms with van der Waals surface area (Å²) in [6.45, 7) is 10.1. The van der Waals surface area contributed by atoms with Gasteiger partial charge in [0.15, 0.2) is 0 Å². The zero-order chi connectivity index (χ0) is 13.3. The summed E-state index contributed by atoms with van der Waals surface area (Å²) in [6, 6.07) is 7.68. The molecule has 0 bridgehead atoms. The summed E-state index contributed by atoms with van der Waals surface area (Å²) in [5.74, 6) is 0.330. The molecule has 0 aliphatic heterocycles. The van der Waals surface area contributed by atoms with Crippen LogP contribution < -0.4 is 0 Å². The number of phenolic OH excluding ortho intramolecular Hbond substituents is 1. The second-order valence-electron chi connectivity index (χ2n) is 4.53. The second-order valence-corrected chi connectivity index (χ2v) is 4.53. The summed E-state index contributed by atoms with van der Waals surface area (Å²) in [4.78, 5) is 0. The van der Waals surface area contributed by atoms with E-state index in [1.807, 2.05) is 31.2 Å². The van der Waals surface area contributed by atoms with E-state index in [4.69, 9.17) is 0 Å². The van der Waals surface area contributed by atoms with Crippen molar-refractivity contribution >= 4 is 22.4 Å². The Hall–Kier alpha value is -2.02. The molecule has 0 aromatic heterocycles. The van der Waals surface area contributed by atoms with Crippen LogP contribution in [0.5, 0.6) is 5.75 Å². The van der Waals surface area contributed by atoms with Crippen LogP contribution in [0.3, 0.4) is 0 Å². The summed E-state index contributed by atoms with van der Waals surface area (Å²) < 4.78 is 0. The van der Waals surface area contributed by atoms with Gasteiger partial charge < -0.3 is 5.11 Å². The van der Waals surface area contributed by atoms with Crippen molar-refractivity contribution in [3.8, 4) is 5.75 Å². The molecule has 92 valence electrons. The van der Waals surface area contributed by atoms with E-state index < -0.39 is 0 Å². The van der Waals surface area contributed by atoms with Crippen molar-refractivity contribution in [1.82, 2.24) is 0 Å². The van der Waals surface area contributed by atoms with E-state index in [9.17, 15) is 5.11 Å². The van der Waals surface area contributed by atoms with E-state index in [-0.39, 0.29) is 0 Å². The fourth-order valence-electron chi connectivity index (χ4n) is 2.36. The normalized spacial score (nSPS) is 11.8.